The van der Waals surface area contributed by atoms with Crippen molar-refractivity contribution in [2.75, 3.05) is 18.4 Å². The molecule has 2 N–H and O–H groups in total. The molecule has 0 radical (unpaired) electrons. The molecule has 0 saturated carbocycles. The first-order valence-electron chi connectivity index (χ1n) is 6.33. The van der Waals surface area contributed by atoms with Crippen molar-refractivity contribution < 1.29 is 14.7 Å². The monoisotopic (exact) mass is 262 g/mol. The van der Waals surface area contributed by atoms with Crippen molar-refractivity contribution in [3.63, 3.8) is 0 Å². The van der Waals surface area contributed by atoms with Gasteiger partial charge in [0.05, 0.1) is 18.7 Å². The minimum absolute atomic E-state index is 0.0903. The number of carbonyl (C=O) groups is 2. The minimum atomic E-state index is -0.716. The Labute approximate surface area is 112 Å². The Balaban J connectivity index is 1.99. The molecule has 5 heteroatoms. The molecule has 0 atom stereocenters. The van der Waals surface area contributed by atoms with Crippen LogP contribution in [0.2, 0.25) is 0 Å². The average molecular weight is 262 g/mol. The number of benzene rings is 1. The number of aliphatic hydroxyl groups is 1. The fraction of sp³-hybridized carbons (Fsp3) is 0.429. The normalized spacial score (nSPS) is 16.7. The molecule has 2 rings (SSSR count). The van der Waals surface area contributed by atoms with Gasteiger partial charge in [-0.1, -0.05) is 6.92 Å². The standard InChI is InChI=1S/C14H18N2O3/c1-3-14(19)8-16(9-14)13(18)11-4-6-12(7-5-11)15-10(2)17/h4-7,19H,3,8-9H2,1-2H3,(H,15,17). The average Bonchev–Trinajstić information content (AvgIpc) is 2.34. The summed E-state index contributed by atoms with van der Waals surface area (Å²) in [6.07, 6.45) is 0.651. The summed E-state index contributed by atoms with van der Waals surface area (Å²) in [7, 11) is 0. The summed E-state index contributed by atoms with van der Waals surface area (Å²) >= 11 is 0. The first-order chi connectivity index (χ1) is 8.93. The van der Waals surface area contributed by atoms with Gasteiger partial charge < -0.3 is 15.3 Å². The lowest BCUT2D eigenvalue weighted by Crippen LogP contribution is -2.63. The summed E-state index contributed by atoms with van der Waals surface area (Å²) < 4.78 is 0. The summed E-state index contributed by atoms with van der Waals surface area (Å²) in [5, 5.41) is 12.5. The molecule has 1 aliphatic heterocycles. The predicted molar refractivity (Wildman–Crippen MR) is 71.9 cm³/mol. The van der Waals surface area contributed by atoms with Crippen LogP contribution in [-0.2, 0) is 4.79 Å². The molecule has 1 aliphatic rings. The summed E-state index contributed by atoms with van der Waals surface area (Å²) in [6, 6.07) is 6.74. The Hall–Kier alpha value is -1.88. The van der Waals surface area contributed by atoms with Crippen LogP contribution in [0.15, 0.2) is 24.3 Å². The number of hydrogen-bond donors (Lipinski definition) is 2. The molecule has 1 aromatic carbocycles. The molecule has 5 nitrogen and oxygen atoms in total. The molecule has 1 saturated heterocycles. The summed E-state index contributed by atoms with van der Waals surface area (Å²) in [5.74, 6) is -0.234. The highest BCUT2D eigenvalue weighted by Crippen LogP contribution is 2.26. The van der Waals surface area contributed by atoms with Gasteiger partial charge in [0.15, 0.2) is 0 Å². The van der Waals surface area contributed by atoms with Crippen LogP contribution >= 0.6 is 0 Å². The maximum absolute atomic E-state index is 12.1. The zero-order valence-corrected chi connectivity index (χ0v) is 11.1. The largest absolute Gasteiger partial charge is 0.386 e. The highest BCUT2D eigenvalue weighted by Gasteiger charge is 2.42. The third kappa shape index (κ3) is 2.93. The van der Waals surface area contributed by atoms with E-state index in [4.69, 9.17) is 0 Å². The van der Waals surface area contributed by atoms with E-state index in [2.05, 4.69) is 5.32 Å². The molecule has 2 amide bonds. The van der Waals surface area contributed by atoms with Gasteiger partial charge in [0.2, 0.25) is 5.91 Å². The topological polar surface area (TPSA) is 69.6 Å². The van der Waals surface area contributed by atoms with Gasteiger partial charge in [-0.05, 0) is 30.7 Å². The van der Waals surface area contributed by atoms with Gasteiger partial charge >= 0.3 is 0 Å². The maximum atomic E-state index is 12.1. The Morgan fingerprint density at radius 2 is 1.89 bits per heavy atom. The van der Waals surface area contributed by atoms with E-state index in [1.807, 2.05) is 6.92 Å². The van der Waals surface area contributed by atoms with Gasteiger partial charge in [-0.15, -0.1) is 0 Å². The molecule has 0 aromatic heterocycles. The molecule has 1 aromatic rings. The number of carbonyl (C=O) groups excluding carboxylic acids is 2. The number of β-amino-alcohol motifs (C(OH)–C–C–N with tert-alkyl or cyclic N) is 1. The number of nitrogens with one attached hydrogen (secondary N) is 1. The van der Waals surface area contributed by atoms with Crippen LogP contribution in [0.1, 0.15) is 30.6 Å². The van der Waals surface area contributed by atoms with Crippen molar-refractivity contribution in [2.24, 2.45) is 0 Å². The van der Waals surface area contributed by atoms with Gasteiger partial charge in [0, 0.05) is 18.2 Å². The van der Waals surface area contributed by atoms with E-state index < -0.39 is 5.60 Å². The second-order valence-electron chi connectivity index (χ2n) is 5.00. The maximum Gasteiger partial charge on any atom is 0.254 e. The van der Waals surface area contributed by atoms with E-state index in [0.717, 1.165) is 0 Å². The summed E-state index contributed by atoms with van der Waals surface area (Å²) in [6.45, 7) is 4.11. The fourth-order valence-corrected chi connectivity index (χ4v) is 2.11. The summed E-state index contributed by atoms with van der Waals surface area (Å²) in [5.41, 5.74) is 0.510. The van der Waals surface area contributed by atoms with Crippen molar-refractivity contribution in [1.82, 2.24) is 4.90 Å². The third-order valence-corrected chi connectivity index (χ3v) is 3.37. The lowest BCUT2D eigenvalue weighted by Gasteiger charge is -2.46. The first kappa shape index (κ1) is 13.5. The van der Waals surface area contributed by atoms with Crippen molar-refractivity contribution in [1.29, 1.82) is 0 Å². The van der Waals surface area contributed by atoms with Crippen LogP contribution in [0.25, 0.3) is 0 Å². The number of nitrogens with zero attached hydrogens (tertiary/aromatic N) is 1. The SMILES string of the molecule is CCC1(O)CN(C(=O)c2ccc(NC(C)=O)cc2)C1. The van der Waals surface area contributed by atoms with Crippen LogP contribution in [0.4, 0.5) is 5.69 Å². The van der Waals surface area contributed by atoms with Gasteiger partial charge in [-0.25, -0.2) is 0 Å². The highest BCUT2D eigenvalue weighted by atomic mass is 16.3. The van der Waals surface area contributed by atoms with Crippen LogP contribution in [0.3, 0.4) is 0 Å². The molecule has 0 spiro atoms. The molecule has 19 heavy (non-hydrogen) atoms. The predicted octanol–water partition coefficient (Wildman–Crippen LogP) is 1.24. The Bertz CT molecular complexity index is 490. The molecule has 102 valence electrons. The van der Waals surface area contributed by atoms with Crippen molar-refractivity contribution in [2.45, 2.75) is 25.9 Å². The number of rotatable bonds is 3. The second-order valence-corrected chi connectivity index (χ2v) is 5.00. The first-order valence-corrected chi connectivity index (χ1v) is 6.33. The minimum Gasteiger partial charge on any atom is -0.386 e. The quantitative estimate of drug-likeness (QED) is 0.861. The number of hydrogen-bond acceptors (Lipinski definition) is 3. The number of amides is 2. The smallest absolute Gasteiger partial charge is 0.254 e. The third-order valence-electron chi connectivity index (χ3n) is 3.37. The highest BCUT2D eigenvalue weighted by molar-refractivity contribution is 5.96. The van der Waals surface area contributed by atoms with E-state index in [1.54, 1.807) is 29.2 Å². The van der Waals surface area contributed by atoms with Gasteiger partial charge in [0.1, 0.15) is 0 Å². The lowest BCUT2D eigenvalue weighted by atomic mass is 9.90. The van der Waals surface area contributed by atoms with Crippen LogP contribution in [0.5, 0.6) is 0 Å². The molecule has 1 heterocycles. The van der Waals surface area contributed by atoms with Crippen LogP contribution in [0, 0.1) is 0 Å². The van der Waals surface area contributed by atoms with E-state index in [9.17, 15) is 14.7 Å². The zero-order chi connectivity index (χ0) is 14.0. The Morgan fingerprint density at radius 3 is 2.37 bits per heavy atom. The second kappa shape index (κ2) is 5.01. The van der Waals surface area contributed by atoms with E-state index in [1.165, 1.54) is 6.92 Å². The van der Waals surface area contributed by atoms with Crippen molar-refractivity contribution in [3.8, 4) is 0 Å². The molecule has 0 aliphatic carbocycles. The van der Waals surface area contributed by atoms with Crippen LogP contribution < -0.4 is 5.32 Å². The summed E-state index contributed by atoms with van der Waals surface area (Å²) in [4.78, 5) is 24.6. The Morgan fingerprint density at radius 1 is 1.32 bits per heavy atom. The van der Waals surface area contributed by atoms with Crippen LogP contribution in [-0.4, -0.2) is 40.5 Å². The molecular weight excluding hydrogens is 244 g/mol. The van der Waals surface area contributed by atoms with E-state index >= 15 is 0 Å². The Kier molecular flexibility index (Phi) is 3.57. The molecule has 1 fully saturated rings. The molecule has 0 bridgehead atoms. The lowest BCUT2D eigenvalue weighted by molar-refractivity contribution is -0.114. The van der Waals surface area contributed by atoms with Crippen molar-refractivity contribution in [3.05, 3.63) is 29.8 Å². The van der Waals surface area contributed by atoms with Gasteiger partial charge in [-0.3, -0.25) is 9.59 Å². The van der Waals surface area contributed by atoms with E-state index in [-0.39, 0.29) is 11.8 Å². The van der Waals surface area contributed by atoms with Crippen molar-refractivity contribution >= 4 is 17.5 Å². The molecule has 0 unspecified atom stereocenters. The van der Waals surface area contributed by atoms with E-state index in [0.29, 0.717) is 30.8 Å². The fourth-order valence-electron chi connectivity index (χ4n) is 2.11. The number of likely N-dealkylation sites (tertiary alicyclic amines) is 1. The number of anilines is 1. The zero-order valence-electron chi connectivity index (χ0n) is 11.1. The molecular formula is C14H18N2O3. The van der Waals surface area contributed by atoms with Gasteiger partial charge in [-0.2, -0.15) is 0 Å². The van der Waals surface area contributed by atoms with Gasteiger partial charge in [0.25, 0.3) is 5.91 Å².